The van der Waals surface area contributed by atoms with Crippen LogP contribution in [-0.2, 0) is 0 Å². The molecule has 18 heavy (non-hydrogen) atoms. The summed E-state index contributed by atoms with van der Waals surface area (Å²) in [5, 5.41) is 31.2. The number of nitrogens with zero attached hydrogens (tertiary/aromatic N) is 3. The van der Waals surface area contributed by atoms with Crippen LogP contribution in [0.4, 0.5) is 5.69 Å². The van der Waals surface area contributed by atoms with Crippen LogP contribution in [0.25, 0.3) is 10.4 Å². The van der Waals surface area contributed by atoms with Crippen LogP contribution in [0.1, 0.15) is 27.0 Å². The van der Waals surface area contributed by atoms with E-state index < -0.39 is 13.1 Å². The van der Waals surface area contributed by atoms with Gasteiger partial charge in [0.15, 0.2) is 0 Å². The van der Waals surface area contributed by atoms with Crippen molar-refractivity contribution in [3.8, 4) is 0 Å². The first-order valence-electron chi connectivity index (χ1n) is 5.11. The summed E-state index contributed by atoms with van der Waals surface area (Å²) in [5.41, 5.74) is 9.50. The van der Waals surface area contributed by atoms with Gasteiger partial charge in [-0.15, -0.1) is 0 Å². The van der Waals surface area contributed by atoms with Crippen molar-refractivity contribution in [3.05, 3.63) is 32.7 Å². The number of hydrogen-bond acceptors (Lipinski definition) is 4. The molecule has 0 aliphatic carbocycles. The Hall–Kier alpha value is -2.02. The highest BCUT2D eigenvalue weighted by molar-refractivity contribution is 6.60. The van der Waals surface area contributed by atoms with Crippen molar-refractivity contribution >= 4 is 24.2 Å². The second kappa shape index (κ2) is 5.09. The molecule has 0 aliphatic rings. The lowest BCUT2D eigenvalue weighted by Gasteiger charge is -2.17. The summed E-state index contributed by atoms with van der Waals surface area (Å²) in [4.78, 5) is 13.8. The molecule has 0 aliphatic heterocycles. The number of carbonyl (C=O) groups is 1. The fourth-order valence-electron chi connectivity index (χ4n) is 2.13. The SMILES string of the molecule is Cc1c(N=[N+]=[N-])c(C)c(C(=O)O)c(C)c1B(O)O. The predicted octanol–water partition coefficient (Wildman–Crippen LogP) is 0.932. The Balaban J connectivity index is 3.87. The minimum Gasteiger partial charge on any atom is -0.478 e. The van der Waals surface area contributed by atoms with E-state index in [9.17, 15) is 14.8 Å². The van der Waals surface area contributed by atoms with Crippen molar-refractivity contribution in [3.63, 3.8) is 0 Å². The van der Waals surface area contributed by atoms with Gasteiger partial charge in [-0.25, -0.2) is 4.79 Å². The van der Waals surface area contributed by atoms with Crippen molar-refractivity contribution in [1.29, 1.82) is 0 Å². The number of benzene rings is 1. The smallest absolute Gasteiger partial charge is 0.478 e. The molecule has 0 spiro atoms. The third-order valence-corrected chi connectivity index (χ3v) is 2.89. The number of carboxylic acids is 1. The van der Waals surface area contributed by atoms with Crippen LogP contribution in [0.2, 0.25) is 0 Å². The molecule has 0 atom stereocenters. The highest BCUT2D eigenvalue weighted by atomic mass is 16.4. The normalized spacial score (nSPS) is 9.83. The second-order valence-corrected chi connectivity index (χ2v) is 3.88. The van der Waals surface area contributed by atoms with Crippen molar-refractivity contribution in [1.82, 2.24) is 0 Å². The number of azide groups is 1. The highest BCUT2D eigenvalue weighted by Crippen LogP contribution is 2.28. The molecule has 0 fully saturated rings. The quantitative estimate of drug-likeness (QED) is 0.318. The van der Waals surface area contributed by atoms with Gasteiger partial charge in [-0.05, 0) is 48.5 Å². The maximum Gasteiger partial charge on any atom is 0.489 e. The largest absolute Gasteiger partial charge is 0.489 e. The summed E-state index contributed by atoms with van der Waals surface area (Å²) in [6.07, 6.45) is 0. The number of rotatable bonds is 3. The average molecular weight is 249 g/mol. The lowest BCUT2D eigenvalue weighted by Crippen LogP contribution is -2.36. The molecule has 0 heterocycles. The standard InChI is InChI=1S/C10H12BN3O4/c1-4-7(10(15)16)5(2)9(13-14-12)6(3)8(4)11(17)18/h17-18H,1-3H3,(H,15,16). The third kappa shape index (κ3) is 2.17. The minimum atomic E-state index is -1.82. The molecule has 94 valence electrons. The van der Waals surface area contributed by atoms with E-state index in [0.717, 1.165) is 0 Å². The van der Waals surface area contributed by atoms with Crippen LogP contribution in [0.3, 0.4) is 0 Å². The number of aromatic carboxylic acids is 1. The Bertz CT molecular complexity index is 536. The van der Waals surface area contributed by atoms with E-state index in [1.165, 1.54) is 13.8 Å². The molecule has 8 heteroatoms. The van der Waals surface area contributed by atoms with E-state index in [1.807, 2.05) is 0 Å². The van der Waals surface area contributed by atoms with Gasteiger partial charge in [0.05, 0.1) is 5.56 Å². The Morgan fingerprint density at radius 1 is 1.22 bits per heavy atom. The first kappa shape index (κ1) is 14.0. The van der Waals surface area contributed by atoms with Crippen molar-refractivity contribution in [2.75, 3.05) is 0 Å². The van der Waals surface area contributed by atoms with E-state index in [0.29, 0.717) is 11.1 Å². The molecule has 0 saturated heterocycles. The topological polar surface area (TPSA) is 127 Å². The molecular formula is C10H12BN3O4. The summed E-state index contributed by atoms with van der Waals surface area (Å²) >= 11 is 0. The molecule has 0 bridgehead atoms. The Morgan fingerprint density at radius 3 is 2.17 bits per heavy atom. The van der Waals surface area contributed by atoms with Crippen LogP contribution >= 0.6 is 0 Å². The summed E-state index contributed by atoms with van der Waals surface area (Å²) in [6.45, 7) is 4.55. The van der Waals surface area contributed by atoms with E-state index in [2.05, 4.69) is 10.0 Å². The van der Waals surface area contributed by atoms with Crippen LogP contribution in [0, 0.1) is 20.8 Å². The molecule has 0 saturated carbocycles. The number of hydrogen-bond donors (Lipinski definition) is 3. The lowest BCUT2D eigenvalue weighted by molar-refractivity contribution is 0.0695. The maximum absolute atomic E-state index is 11.2. The molecule has 1 aromatic rings. The van der Waals surface area contributed by atoms with Gasteiger partial charge in [0.2, 0.25) is 0 Å². The molecule has 7 nitrogen and oxygen atoms in total. The molecule has 0 unspecified atom stereocenters. The van der Waals surface area contributed by atoms with E-state index in [1.54, 1.807) is 6.92 Å². The van der Waals surface area contributed by atoms with Crippen molar-refractivity contribution in [2.24, 2.45) is 5.11 Å². The summed E-state index contributed by atoms with van der Waals surface area (Å²) in [5.74, 6) is -1.21. The van der Waals surface area contributed by atoms with Gasteiger partial charge >= 0.3 is 13.1 Å². The second-order valence-electron chi connectivity index (χ2n) is 3.88. The third-order valence-electron chi connectivity index (χ3n) is 2.89. The minimum absolute atomic E-state index is 0.0559. The van der Waals surface area contributed by atoms with Crippen molar-refractivity contribution < 1.29 is 19.9 Å². The summed E-state index contributed by atoms with van der Waals surface area (Å²) in [6, 6.07) is 0. The van der Waals surface area contributed by atoms with E-state index in [4.69, 9.17) is 10.6 Å². The summed E-state index contributed by atoms with van der Waals surface area (Å²) < 4.78 is 0. The molecule has 1 rings (SSSR count). The summed E-state index contributed by atoms with van der Waals surface area (Å²) in [7, 11) is -1.82. The fraction of sp³-hybridized carbons (Fsp3) is 0.300. The molecule has 0 amide bonds. The Morgan fingerprint density at radius 2 is 1.78 bits per heavy atom. The fourth-order valence-corrected chi connectivity index (χ4v) is 2.13. The molecule has 0 aromatic heterocycles. The van der Waals surface area contributed by atoms with Crippen molar-refractivity contribution in [2.45, 2.75) is 20.8 Å². The van der Waals surface area contributed by atoms with Crippen LogP contribution in [0.15, 0.2) is 5.11 Å². The van der Waals surface area contributed by atoms with Crippen LogP contribution in [0.5, 0.6) is 0 Å². The Labute approximate surface area is 103 Å². The van der Waals surface area contributed by atoms with Gasteiger partial charge in [0.1, 0.15) is 0 Å². The predicted molar refractivity (Wildman–Crippen MR) is 66.2 cm³/mol. The van der Waals surface area contributed by atoms with E-state index in [-0.39, 0.29) is 22.3 Å². The van der Waals surface area contributed by atoms with Crippen LogP contribution in [-0.4, -0.2) is 28.2 Å². The van der Waals surface area contributed by atoms with Gasteiger partial charge in [-0.1, -0.05) is 5.11 Å². The first-order valence-corrected chi connectivity index (χ1v) is 5.11. The average Bonchev–Trinajstić information content (AvgIpc) is 2.23. The van der Waals surface area contributed by atoms with Gasteiger partial charge in [-0.2, -0.15) is 0 Å². The zero-order chi connectivity index (χ0) is 14.0. The van der Waals surface area contributed by atoms with Gasteiger partial charge in [0, 0.05) is 10.6 Å². The van der Waals surface area contributed by atoms with Gasteiger partial charge in [0.25, 0.3) is 0 Å². The van der Waals surface area contributed by atoms with Gasteiger partial charge in [-0.3, -0.25) is 0 Å². The van der Waals surface area contributed by atoms with Gasteiger partial charge < -0.3 is 15.2 Å². The lowest BCUT2D eigenvalue weighted by atomic mass is 9.71. The molecular weight excluding hydrogens is 237 g/mol. The van der Waals surface area contributed by atoms with Crippen LogP contribution < -0.4 is 5.46 Å². The Kier molecular flexibility index (Phi) is 3.98. The zero-order valence-electron chi connectivity index (χ0n) is 10.2. The van der Waals surface area contributed by atoms with E-state index >= 15 is 0 Å². The molecule has 0 radical (unpaired) electrons. The maximum atomic E-state index is 11.2. The first-order chi connectivity index (χ1) is 8.32. The molecule has 3 N–H and O–H groups in total. The highest BCUT2D eigenvalue weighted by Gasteiger charge is 2.26. The number of carboxylic acid groups (broad SMARTS) is 1. The zero-order valence-corrected chi connectivity index (χ0v) is 10.2. The monoisotopic (exact) mass is 249 g/mol. The molecule has 1 aromatic carbocycles.